The molecule has 0 spiro atoms. The summed E-state index contributed by atoms with van der Waals surface area (Å²) in [6, 6.07) is 5.08. The van der Waals surface area contributed by atoms with E-state index in [4.69, 9.17) is 0 Å². The molecular weight excluding hydrogens is 312 g/mol. The molecule has 0 aliphatic carbocycles. The highest BCUT2D eigenvalue weighted by atomic mass is 32.2. The summed E-state index contributed by atoms with van der Waals surface area (Å²) in [6.07, 6.45) is 3.03. The number of hydrogen-bond acceptors (Lipinski definition) is 3. The normalized spacial score (nSPS) is 26.3. The molecule has 2 aliphatic heterocycles. The molecule has 1 N–H and O–H groups in total. The summed E-state index contributed by atoms with van der Waals surface area (Å²) in [7, 11) is -3.47. The summed E-state index contributed by atoms with van der Waals surface area (Å²) in [5.74, 6) is 0.764. The summed E-state index contributed by atoms with van der Waals surface area (Å²) >= 11 is 0. The van der Waals surface area contributed by atoms with E-state index in [1.807, 2.05) is 0 Å². The first-order valence-corrected chi connectivity index (χ1v) is 9.73. The largest absolute Gasteiger partial charge is 0.326 e. The standard InChI is InChI=1S/C17H24N2O3S/c1-12-8-13(2)11-19(10-12)23(21,22)15-6-7-16-14(9-15)4-3-5-17(20)18-16/h6-7,9,12-13H,3-5,8,10-11H2,1-2H3,(H,18,20)/t12-,13-/m0/s1. The first-order chi connectivity index (χ1) is 10.9. The molecule has 2 heterocycles. The number of sulfonamides is 1. The third-order valence-corrected chi connectivity index (χ3v) is 6.50. The van der Waals surface area contributed by atoms with Crippen LogP contribution < -0.4 is 5.32 Å². The molecule has 3 rings (SSSR count). The minimum Gasteiger partial charge on any atom is -0.326 e. The van der Waals surface area contributed by atoms with E-state index >= 15 is 0 Å². The molecule has 2 atom stereocenters. The number of benzene rings is 1. The van der Waals surface area contributed by atoms with Gasteiger partial charge in [0.05, 0.1) is 4.90 Å². The average Bonchev–Trinajstić information content (AvgIpc) is 2.66. The highest BCUT2D eigenvalue weighted by Crippen LogP contribution is 2.30. The summed E-state index contributed by atoms with van der Waals surface area (Å²) in [4.78, 5) is 12.0. The number of amides is 1. The molecule has 0 aromatic heterocycles. The Balaban J connectivity index is 1.91. The fourth-order valence-electron chi connectivity index (χ4n) is 3.66. The van der Waals surface area contributed by atoms with E-state index < -0.39 is 10.0 Å². The number of nitrogens with one attached hydrogen (secondary N) is 1. The van der Waals surface area contributed by atoms with Crippen LogP contribution in [0, 0.1) is 11.8 Å². The second kappa shape index (κ2) is 6.24. The summed E-state index contributed by atoms with van der Waals surface area (Å²) in [5.41, 5.74) is 1.65. The number of carbonyl (C=O) groups is 1. The topological polar surface area (TPSA) is 66.5 Å². The lowest BCUT2D eigenvalue weighted by atomic mass is 9.94. The van der Waals surface area contributed by atoms with Crippen LogP contribution in [0.3, 0.4) is 0 Å². The molecular formula is C17H24N2O3S. The number of aryl methyl sites for hydroxylation is 1. The highest BCUT2D eigenvalue weighted by molar-refractivity contribution is 7.89. The molecule has 0 saturated carbocycles. The van der Waals surface area contributed by atoms with Gasteiger partial charge in [0.2, 0.25) is 15.9 Å². The zero-order valence-corrected chi connectivity index (χ0v) is 14.5. The molecule has 1 aromatic rings. The molecule has 1 saturated heterocycles. The van der Waals surface area contributed by atoms with Crippen LogP contribution in [-0.4, -0.2) is 31.7 Å². The van der Waals surface area contributed by atoms with Crippen molar-refractivity contribution in [1.29, 1.82) is 0 Å². The third-order valence-electron chi connectivity index (χ3n) is 4.67. The smallest absolute Gasteiger partial charge is 0.243 e. The SMILES string of the molecule is C[C@H]1C[C@H](C)CN(S(=O)(=O)c2ccc3c(c2)CCCC(=O)N3)C1. The Morgan fingerprint density at radius 2 is 1.83 bits per heavy atom. The Bertz CT molecular complexity index is 705. The van der Waals surface area contributed by atoms with Gasteiger partial charge in [-0.3, -0.25) is 4.79 Å². The average molecular weight is 336 g/mol. The van der Waals surface area contributed by atoms with E-state index in [2.05, 4.69) is 19.2 Å². The lowest BCUT2D eigenvalue weighted by molar-refractivity contribution is -0.116. The molecule has 1 fully saturated rings. The molecule has 5 nitrogen and oxygen atoms in total. The van der Waals surface area contributed by atoms with Gasteiger partial charge in [0.25, 0.3) is 0 Å². The third kappa shape index (κ3) is 3.43. The van der Waals surface area contributed by atoms with E-state index in [0.29, 0.717) is 36.2 Å². The van der Waals surface area contributed by atoms with E-state index in [0.717, 1.165) is 30.5 Å². The molecule has 1 amide bonds. The Hall–Kier alpha value is -1.40. The first kappa shape index (κ1) is 16.5. The molecule has 1 aromatic carbocycles. The van der Waals surface area contributed by atoms with Crippen molar-refractivity contribution in [3.8, 4) is 0 Å². The minimum absolute atomic E-state index is 0.00182. The van der Waals surface area contributed by atoms with Crippen molar-refractivity contribution in [2.45, 2.75) is 44.4 Å². The van der Waals surface area contributed by atoms with Gasteiger partial charge in [-0.25, -0.2) is 8.42 Å². The molecule has 0 bridgehead atoms. The van der Waals surface area contributed by atoms with Gasteiger partial charge < -0.3 is 5.32 Å². The van der Waals surface area contributed by atoms with Crippen LogP contribution in [0.5, 0.6) is 0 Å². The van der Waals surface area contributed by atoms with Gasteiger partial charge in [0.1, 0.15) is 0 Å². The van der Waals surface area contributed by atoms with Crippen molar-refractivity contribution in [2.24, 2.45) is 11.8 Å². The van der Waals surface area contributed by atoms with Crippen molar-refractivity contribution < 1.29 is 13.2 Å². The number of fused-ring (bicyclic) bond motifs is 1. The summed E-state index contributed by atoms with van der Waals surface area (Å²) < 4.78 is 27.5. The quantitative estimate of drug-likeness (QED) is 0.903. The van der Waals surface area contributed by atoms with Crippen LogP contribution in [0.2, 0.25) is 0 Å². The van der Waals surface area contributed by atoms with Crippen LogP contribution in [0.4, 0.5) is 5.69 Å². The fraction of sp³-hybridized carbons (Fsp3) is 0.588. The predicted molar refractivity (Wildman–Crippen MR) is 89.7 cm³/mol. The molecule has 23 heavy (non-hydrogen) atoms. The monoisotopic (exact) mass is 336 g/mol. The van der Waals surface area contributed by atoms with Crippen molar-refractivity contribution >= 4 is 21.6 Å². The zero-order valence-electron chi connectivity index (χ0n) is 13.7. The molecule has 2 aliphatic rings. The minimum atomic E-state index is -3.47. The Kier molecular flexibility index (Phi) is 4.47. The molecule has 126 valence electrons. The molecule has 0 radical (unpaired) electrons. The molecule has 6 heteroatoms. The van der Waals surface area contributed by atoms with E-state index in [1.165, 1.54) is 0 Å². The number of nitrogens with zero attached hydrogens (tertiary/aromatic N) is 1. The highest BCUT2D eigenvalue weighted by Gasteiger charge is 2.32. The van der Waals surface area contributed by atoms with Crippen molar-refractivity contribution in [3.05, 3.63) is 23.8 Å². The number of rotatable bonds is 2. The van der Waals surface area contributed by atoms with Gasteiger partial charge in [0.15, 0.2) is 0 Å². The van der Waals surface area contributed by atoms with Gasteiger partial charge in [-0.15, -0.1) is 0 Å². The fourth-order valence-corrected chi connectivity index (χ4v) is 5.39. The van der Waals surface area contributed by atoms with Crippen molar-refractivity contribution in [2.75, 3.05) is 18.4 Å². The zero-order chi connectivity index (χ0) is 16.6. The Morgan fingerprint density at radius 3 is 2.52 bits per heavy atom. The number of carbonyl (C=O) groups excluding carboxylic acids is 1. The van der Waals surface area contributed by atoms with Crippen LogP contribution >= 0.6 is 0 Å². The second-order valence-corrected chi connectivity index (χ2v) is 8.93. The Morgan fingerprint density at radius 1 is 1.13 bits per heavy atom. The maximum atomic E-state index is 13.0. The van der Waals surface area contributed by atoms with Crippen LogP contribution in [-0.2, 0) is 21.2 Å². The lowest BCUT2D eigenvalue weighted by Gasteiger charge is -2.34. The van der Waals surface area contributed by atoms with Crippen LogP contribution in [0.25, 0.3) is 0 Å². The number of hydrogen-bond donors (Lipinski definition) is 1. The molecule has 0 unspecified atom stereocenters. The van der Waals surface area contributed by atoms with Gasteiger partial charge >= 0.3 is 0 Å². The second-order valence-electron chi connectivity index (χ2n) is 6.99. The maximum Gasteiger partial charge on any atom is 0.243 e. The number of anilines is 1. The van der Waals surface area contributed by atoms with Gasteiger partial charge in [-0.2, -0.15) is 4.31 Å². The van der Waals surface area contributed by atoms with Crippen LogP contribution in [0.1, 0.15) is 38.7 Å². The van der Waals surface area contributed by atoms with Gasteiger partial charge in [-0.05, 0) is 54.9 Å². The van der Waals surface area contributed by atoms with E-state index in [9.17, 15) is 13.2 Å². The summed E-state index contributed by atoms with van der Waals surface area (Å²) in [6.45, 7) is 5.37. The van der Waals surface area contributed by atoms with Gasteiger partial charge in [0, 0.05) is 25.2 Å². The van der Waals surface area contributed by atoms with E-state index in [-0.39, 0.29) is 5.91 Å². The lowest BCUT2D eigenvalue weighted by Crippen LogP contribution is -2.42. The predicted octanol–water partition coefficient (Wildman–Crippen LogP) is 2.63. The first-order valence-electron chi connectivity index (χ1n) is 8.29. The van der Waals surface area contributed by atoms with Gasteiger partial charge in [-0.1, -0.05) is 13.8 Å². The van der Waals surface area contributed by atoms with Crippen LogP contribution in [0.15, 0.2) is 23.1 Å². The Labute approximate surface area is 138 Å². The van der Waals surface area contributed by atoms with Crippen molar-refractivity contribution in [1.82, 2.24) is 4.31 Å². The summed E-state index contributed by atoms with van der Waals surface area (Å²) in [5, 5.41) is 2.85. The maximum absolute atomic E-state index is 13.0. The number of piperidine rings is 1. The van der Waals surface area contributed by atoms with Crippen molar-refractivity contribution in [3.63, 3.8) is 0 Å². The van der Waals surface area contributed by atoms with E-state index in [1.54, 1.807) is 22.5 Å².